The highest BCUT2D eigenvalue weighted by molar-refractivity contribution is 5.69. The first-order chi connectivity index (χ1) is 6.85. The van der Waals surface area contributed by atoms with Crippen molar-refractivity contribution in [1.29, 1.82) is 0 Å². The van der Waals surface area contributed by atoms with Crippen LogP contribution in [0.2, 0.25) is 0 Å². The molecule has 0 fully saturated rings. The molecule has 0 saturated heterocycles. The van der Waals surface area contributed by atoms with Crippen LogP contribution in [-0.2, 0) is 6.42 Å². The van der Waals surface area contributed by atoms with Crippen LogP contribution in [0, 0.1) is 0 Å². The Labute approximate surface area is 84.7 Å². The third-order valence-corrected chi connectivity index (χ3v) is 2.72. The van der Waals surface area contributed by atoms with Crippen LogP contribution in [0.15, 0.2) is 30.5 Å². The second kappa shape index (κ2) is 3.73. The first kappa shape index (κ1) is 9.11. The smallest absolute Gasteiger partial charge is 0.119 e. The van der Waals surface area contributed by atoms with Crippen LogP contribution in [0.5, 0.6) is 5.75 Å². The van der Waals surface area contributed by atoms with E-state index in [1.165, 1.54) is 23.1 Å². The van der Waals surface area contributed by atoms with Crippen molar-refractivity contribution in [1.82, 2.24) is 0 Å². The lowest BCUT2D eigenvalue weighted by molar-refractivity contribution is 0.414. The van der Waals surface area contributed by atoms with Gasteiger partial charge in [0.2, 0.25) is 0 Å². The van der Waals surface area contributed by atoms with Gasteiger partial charge in [-0.25, -0.2) is 0 Å². The van der Waals surface area contributed by atoms with Gasteiger partial charge in [0.25, 0.3) is 0 Å². The molecule has 0 spiro atoms. The molecular formula is C13H14O. The number of rotatable bonds is 1. The molecule has 0 atom stereocenters. The Morgan fingerprint density at radius 1 is 1.36 bits per heavy atom. The molecule has 14 heavy (non-hydrogen) atoms. The van der Waals surface area contributed by atoms with Gasteiger partial charge in [0, 0.05) is 5.57 Å². The quantitative estimate of drug-likeness (QED) is 0.612. The predicted octanol–water partition coefficient (Wildman–Crippen LogP) is 3.20. The molecule has 72 valence electrons. The van der Waals surface area contributed by atoms with E-state index in [9.17, 15) is 0 Å². The molecule has 1 aromatic carbocycles. The van der Waals surface area contributed by atoms with Crippen molar-refractivity contribution in [3.8, 4) is 5.75 Å². The third kappa shape index (κ3) is 1.47. The molecule has 2 rings (SSSR count). The van der Waals surface area contributed by atoms with Crippen LogP contribution >= 0.6 is 0 Å². The predicted molar refractivity (Wildman–Crippen MR) is 58.5 cm³/mol. The summed E-state index contributed by atoms with van der Waals surface area (Å²) < 4.78 is 5.20. The van der Waals surface area contributed by atoms with Gasteiger partial charge in [0.05, 0.1) is 7.11 Å². The van der Waals surface area contributed by atoms with E-state index in [0.717, 1.165) is 18.6 Å². The van der Waals surface area contributed by atoms with Crippen molar-refractivity contribution in [2.75, 3.05) is 7.11 Å². The Balaban J connectivity index is 2.51. The Morgan fingerprint density at radius 3 is 2.93 bits per heavy atom. The van der Waals surface area contributed by atoms with Gasteiger partial charge in [0.15, 0.2) is 0 Å². The van der Waals surface area contributed by atoms with Gasteiger partial charge < -0.3 is 4.74 Å². The van der Waals surface area contributed by atoms with Crippen molar-refractivity contribution in [2.24, 2.45) is 0 Å². The number of aryl methyl sites for hydroxylation is 1. The van der Waals surface area contributed by atoms with E-state index >= 15 is 0 Å². The van der Waals surface area contributed by atoms with Crippen LogP contribution in [-0.4, -0.2) is 7.11 Å². The van der Waals surface area contributed by atoms with Gasteiger partial charge in [-0.3, -0.25) is 0 Å². The van der Waals surface area contributed by atoms with Crippen molar-refractivity contribution in [2.45, 2.75) is 19.3 Å². The Morgan fingerprint density at radius 2 is 2.21 bits per heavy atom. The Kier molecular flexibility index (Phi) is 2.43. The van der Waals surface area contributed by atoms with Gasteiger partial charge >= 0.3 is 0 Å². The molecule has 0 heterocycles. The highest BCUT2D eigenvalue weighted by atomic mass is 16.5. The molecule has 0 bridgehead atoms. The fraction of sp³-hybridized carbons (Fsp3) is 0.308. The minimum absolute atomic E-state index is 0.939. The molecule has 1 aromatic rings. The summed E-state index contributed by atoms with van der Waals surface area (Å²) in [4.78, 5) is 0. The summed E-state index contributed by atoms with van der Waals surface area (Å²) >= 11 is 0. The van der Waals surface area contributed by atoms with E-state index < -0.39 is 0 Å². The van der Waals surface area contributed by atoms with E-state index in [4.69, 9.17) is 4.74 Å². The number of hydrogen-bond donors (Lipinski definition) is 0. The Bertz CT molecular complexity index is 398. The van der Waals surface area contributed by atoms with Crippen molar-refractivity contribution < 1.29 is 4.74 Å². The molecule has 0 unspecified atom stereocenters. The van der Waals surface area contributed by atoms with Crippen molar-refractivity contribution >= 4 is 5.57 Å². The molecule has 1 heteroatoms. The number of methoxy groups -OCH3 is 1. The minimum Gasteiger partial charge on any atom is -0.497 e. The summed E-state index contributed by atoms with van der Waals surface area (Å²) in [6.45, 7) is 3.73. The first-order valence-electron chi connectivity index (χ1n) is 4.91. The zero-order valence-electron chi connectivity index (χ0n) is 8.47. The van der Waals surface area contributed by atoms with E-state index in [1.54, 1.807) is 7.11 Å². The summed E-state index contributed by atoms with van der Waals surface area (Å²) in [5.74, 6) is 0.939. The van der Waals surface area contributed by atoms with Gasteiger partial charge in [0.1, 0.15) is 5.75 Å². The lowest BCUT2D eigenvalue weighted by Crippen LogP contribution is -2.01. The van der Waals surface area contributed by atoms with Gasteiger partial charge in [-0.15, -0.1) is 5.73 Å². The molecule has 0 aliphatic heterocycles. The summed E-state index contributed by atoms with van der Waals surface area (Å²) in [6.07, 6.45) is 3.43. The van der Waals surface area contributed by atoms with E-state index in [-0.39, 0.29) is 0 Å². The van der Waals surface area contributed by atoms with Gasteiger partial charge in [-0.1, -0.05) is 12.6 Å². The first-order valence-corrected chi connectivity index (χ1v) is 4.91. The zero-order chi connectivity index (χ0) is 9.97. The molecule has 0 N–H and O–H groups in total. The summed E-state index contributed by atoms with van der Waals surface area (Å²) in [5.41, 5.74) is 6.93. The molecule has 0 amide bonds. The topological polar surface area (TPSA) is 9.23 Å². The van der Waals surface area contributed by atoms with Crippen LogP contribution in [0.1, 0.15) is 24.0 Å². The lowest BCUT2D eigenvalue weighted by Gasteiger charge is -2.17. The number of allylic oxidation sites excluding steroid dienone is 1. The van der Waals surface area contributed by atoms with Crippen LogP contribution < -0.4 is 4.74 Å². The highest BCUT2D eigenvalue weighted by Gasteiger charge is 2.13. The average molecular weight is 186 g/mol. The van der Waals surface area contributed by atoms with E-state index in [1.807, 2.05) is 6.07 Å². The van der Waals surface area contributed by atoms with Crippen LogP contribution in [0.3, 0.4) is 0 Å². The lowest BCUT2D eigenvalue weighted by atomic mass is 9.88. The molecule has 1 nitrogen and oxygen atoms in total. The monoisotopic (exact) mass is 186 g/mol. The average Bonchev–Trinajstić information content (AvgIpc) is 2.27. The zero-order valence-corrected chi connectivity index (χ0v) is 8.47. The number of hydrogen-bond acceptors (Lipinski definition) is 1. The fourth-order valence-electron chi connectivity index (χ4n) is 1.97. The fourth-order valence-corrected chi connectivity index (χ4v) is 1.97. The van der Waals surface area contributed by atoms with E-state index in [2.05, 4.69) is 24.4 Å². The maximum atomic E-state index is 5.20. The maximum absolute atomic E-state index is 5.20. The normalized spacial score (nSPS) is 14.5. The third-order valence-electron chi connectivity index (χ3n) is 2.72. The summed E-state index contributed by atoms with van der Waals surface area (Å²) in [6, 6.07) is 6.23. The van der Waals surface area contributed by atoms with Crippen molar-refractivity contribution in [3.63, 3.8) is 0 Å². The molecule has 1 aliphatic carbocycles. The molecule has 0 saturated carbocycles. The SMILES string of the molecule is C=C=C1CCCc2cc(OC)ccc21. The Hall–Kier alpha value is -1.46. The molecule has 0 aromatic heterocycles. The highest BCUT2D eigenvalue weighted by Crippen LogP contribution is 2.31. The molecular weight excluding hydrogens is 172 g/mol. The number of ether oxygens (including phenoxy) is 1. The second-order valence-corrected chi connectivity index (χ2v) is 3.53. The van der Waals surface area contributed by atoms with E-state index in [0.29, 0.717) is 0 Å². The van der Waals surface area contributed by atoms with Gasteiger partial charge in [-0.05, 0) is 42.5 Å². The largest absolute Gasteiger partial charge is 0.497 e. The minimum atomic E-state index is 0.939. The molecule has 1 aliphatic rings. The van der Waals surface area contributed by atoms with Gasteiger partial charge in [-0.2, -0.15) is 0 Å². The second-order valence-electron chi connectivity index (χ2n) is 3.53. The van der Waals surface area contributed by atoms with Crippen LogP contribution in [0.4, 0.5) is 0 Å². The van der Waals surface area contributed by atoms with Crippen LogP contribution in [0.25, 0.3) is 5.57 Å². The summed E-state index contributed by atoms with van der Waals surface area (Å²) in [7, 11) is 1.70. The number of fused-ring (bicyclic) bond motifs is 1. The summed E-state index contributed by atoms with van der Waals surface area (Å²) in [5, 5.41) is 0. The maximum Gasteiger partial charge on any atom is 0.119 e. The van der Waals surface area contributed by atoms with Crippen molar-refractivity contribution in [3.05, 3.63) is 41.6 Å². The standard InChI is InChI=1S/C13H14O/c1-3-10-5-4-6-11-9-12(14-2)7-8-13(10)11/h7-9H,1,4-6H2,2H3. The number of benzene rings is 1. The molecule has 0 radical (unpaired) electrons.